The predicted octanol–water partition coefficient (Wildman–Crippen LogP) is 3.96. The molecule has 1 aliphatic carbocycles. The summed E-state index contributed by atoms with van der Waals surface area (Å²) < 4.78 is 0. The monoisotopic (exact) mass is 284 g/mol. The van der Waals surface area contributed by atoms with Crippen LogP contribution in [0, 0.1) is 23.7 Å². The molecular formula is C16H32N2S. The topological polar surface area (TPSA) is 24.1 Å². The molecule has 0 heterocycles. The van der Waals surface area contributed by atoms with Gasteiger partial charge in [0, 0.05) is 12.1 Å². The third-order valence-corrected chi connectivity index (χ3v) is 5.17. The van der Waals surface area contributed by atoms with E-state index in [-0.39, 0.29) is 0 Å². The Labute approximate surface area is 125 Å². The Kier molecular flexibility index (Phi) is 6.58. The van der Waals surface area contributed by atoms with E-state index in [4.69, 9.17) is 12.2 Å². The molecule has 1 aliphatic rings. The van der Waals surface area contributed by atoms with Gasteiger partial charge in [-0.15, -0.1) is 0 Å². The van der Waals surface area contributed by atoms with Crippen molar-refractivity contribution in [2.75, 3.05) is 0 Å². The average molecular weight is 285 g/mol. The third kappa shape index (κ3) is 4.34. The normalized spacial score (nSPS) is 35.2. The van der Waals surface area contributed by atoms with Gasteiger partial charge >= 0.3 is 0 Å². The third-order valence-electron chi connectivity index (χ3n) is 4.93. The number of rotatable bonds is 4. The van der Waals surface area contributed by atoms with Crippen LogP contribution in [0.5, 0.6) is 0 Å². The quantitative estimate of drug-likeness (QED) is 0.764. The first-order valence-corrected chi connectivity index (χ1v) is 8.38. The summed E-state index contributed by atoms with van der Waals surface area (Å²) in [5.74, 6) is 3.11. The first-order valence-electron chi connectivity index (χ1n) is 7.97. The van der Waals surface area contributed by atoms with Crippen LogP contribution < -0.4 is 10.6 Å². The van der Waals surface area contributed by atoms with Gasteiger partial charge in [-0.25, -0.2) is 0 Å². The number of hydrogen-bond donors (Lipinski definition) is 2. The summed E-state index contributed by atoms with van der Waals surface area (Å²) in [7, 11) is 0. The molecule has 2 N–H and O–H groups in total. The molecule has 1 rings (SSSR count). The zero-order chi connectivity index (χ0) is 14.6. The lowest BCUT2D eigenvalue weighted by atomic mass is 9.64. The Morgan fingerprint density at radius 2 is 1.84 bits per heavy atom. The molecule has 0 amide bonds. The molecular weight excluding hydrogens is 252 g/mol. The van der Waals surface area contributed by atoms with Crippen molar-refractivity contribution in [2.45, 2.75) is 72.9 Å². The smallest absolute Gasteiger partial charge is 0.166 e. The van der Waals surface area contributed by atoms with E-state index in [0.29, 0.717) is 12.1 Å². The second-order valence-corrected chi connectivity index (χ2v) is 7.02. The zero-order valence-electron chi connectivity index (χ0n) is 13.5. The summed E-state index contributed by atoms with van der Waals surface area (Å²) in [5.41, 5.74) is 0. The molecule has 0 saturated heterocycles. The predicted molar refractivity (Wildman–Crippen MR) is 88.3 cm³/mol. The lowest BCUT2D eigenvalue weighted by Gasteiger charge is -2.46. The average Bonchev–Trinajstić information content (AvgIpc) is 2.33. The first kappa shape index (κ1) is 16.7. The molecule has 1 fully saturated rings. The maximum atomic E-state index is 5.46. The van der Waals surface area contributed by atoms with Crippen LogP contribution in [0.25, 0.3) is 0 Å². The van der Waals surface area contributed by atoms with Crippen molar-refractivity contribution in [2.24, 2.45) is 23.7 Å². The van der Waals surface area contributed by atoms with E-state index in [1.54, 1.807) is 0 Å². The highest BCUT2D eigenvalue weighted by Gasteiger charge is 2.39. The van der Waals surface area contributed by atoms with E-state index in [1.165, 1.54) is 19.3 Å². The highest BCUT2D eigenvalue weighted by molar-refractivity contribution is 7.80. The molecule has 1 saturated carbocycles. The van der Waals surface area contributed by atoms with Crippen molar-refractivity contribution >= 4 is 17.3 Å². The molecule has 5 unspecified atom stereocenters. The molecule has 0 aromatic carbocycles. The largest absolute Gasteiger partial charge is 0.361 e. The van der Waals surface area contributed by atoms with E-state index in [9.17, 15) is 0 Å². The zero-order valence-corrected chi connectivity index (χ0v) is 14.3. The molecule has 0 radical (unpaired) electrons. The second kappa shape index (κ2) is 7.47. The lowest BCUT2D eigenvalue weighted by molar-refractivity contribution is 0.0851. The Hall–Kier alpha value is -0.310. The van der Waals surface area contributed by atoms with E-state index >= 15 is 0 Å². The molecule has 19 heavy (non-hydrogen) atoms. The van der Waals surface area contributed by atoms with Crippen molar-refractivity contribution in [3.8, 4) is 0 Å². The van der Waals surface area contributed by atoms with E-state index < -0.39 is 0 Å². The van der Waals surface area contributed by atoms with E-state index in [1.807, 2.05) is 0 Å². The van der Waals surface area contributed by atoms with Crippen LogP contribution in [0.15, 0.2) is 0 Å². The molecule has 2 nitrogen and oxygen atoms in total. The van der Waals surface area contributed by atoms with Gasteiger partial charge in [-0.3, -0.25) is 0 Å². The maximum absolute atomic E-state index is 5.46. The van der Waals surface area contributed by atoms with E-state index in [0.717, 1.165) is 28.8 Å². The van der Waals surface area contributed by atoms with Crippen molar-refractivity contribution in [1.82, 2.24) is 10.6 Å². The molecule has 0 bridgehead atoms. The van der Waals surface area contributed by atoms with Crippen LogP contribution in [0.4, 0.5) is 0 Å². The Morgan fingerprint density at radius 1 is 1.21 bits per heavy atom. The van der Waals surface area contributed by atoms with Gasteiger partial charge in [0.15, 0.2) is 5.11 Å². The molecule has 0 aromatic rings. The molecule has 0 aromatic heterocycles. The minimum absolute atomic E-state index is 0.403. The summed E-state index contributed by atoms with van der Waals surface area (Å²) in [6, 6.07) is 0.944. The van der Waals surface area contributed by atoms with Crippen LogP contribution in [0.3, 0.4) is 0 Å². The van der Waals surface area contributed by atoms with Crippen LogP contribution in [0.2, 0.25) is 0 Å². The Morgan fingerprint density at radius 3 is 2.32 bits per heavy atom. The first-order chi connectivity index (χ1) is 8.90. The standard InChI is InChI=1S/C16H32N2S/c1-7-13-9-11(5)12(6)14(8-2)15(13)18-16(19)17-10(3)4/h10-15H,7-9H2,1-6H3,(H2,17,18,19). The minimum Gasteiger partial charge on any atom is -0.361 e. The van der Waals surface area contributed by atoms with Crippen molar-refractivity contribution in [1.29, 1.82) is 0 Å². The Bertz CT molecular complexity index is 290. The fraction of sp³-hybridized carbons (Fsp3) is 0.938. The lowest BCUT2D eigenvalue weighted by Crippen LogP contribution is -2.54. The second-order valence-electron chi connectivity index (χ2n) is 6.61. The summed E-state index contributed by atoms with van der Waals surface area (Å²) in [6.07, 6.45) is 3.82. The van der Waals surface area contributed by atoms with Gasteiger partial charge in [0.2, 0.25) is 0 Å². The molecule has 0 spiro atoms. The highest BCUT2D eigenvalue weighted by atomic mass is 32.1. The highest BCUT2D eigenvalue weighted by Crippen LogP contribution is 2.40. The molecule has 5 atom stereocenters. The fourth-order valence-electron chi connectivity index (χ4n) is 3.66. The molecule has 0 aliphatic heterocycles. The van der Waals surface area contributed by atoms with Gasteiger partial charge < -0.3 is 10.6 Å². The molecule has 3 heteroatoms. The van der Waals surface area contributed by atoms with Crippen LogP contribution in [-0.4, -0.2) is 17.2 Å². The van der Waals surface area contributed by atoms with Crippen LogP contribution >= 0.6 is 12.2 Å². The number of hydrogen-bond acceptors (Lipinski definition) is 1. The summed E-state index contributed by atoms with van der Waals surface area (Å²) >= 11 is 5.46. The van der Waals surface area contributed by atoms with Crippen molar-refractivity contribution in [3.05, 3.63) is 0 Å². The van der Waals surface area contributed by atoms with Gasteiger partial charge in [0.05, 0.1) is 0 Å². The van der Waals surface area contributed by atoms with Crippen LogP contribution in [-0.2, 0) is 0 Å². The minimum atomic E-state index is 0.403. The number of nitrogens with one attached hydrogen (secondary N) is 2. The van der Waals surface area contributed by atoms with Crippen molar-refractivity contribution in [3.63, 3.8) is 0 Å². The fourth-order valence-corrected chi connectivity index (χ4v) is 4.04. The van der Waals surface area contributed by atoms with Gasteiger partial charge in [-0.05, 0) is 56.2 Å². The Balaban J connectivity index is 2.76. The SMILES string of the molecule is CCC1CC(C)C(C)C(CC)C1NC(=S)NC(C)C. The summed E-state index contributed by atoms with van der Waals surface area (Å²) in [5, 5.41) is 7.78. The summed E-state index contributed by atoms with van der Waals surface area (Å²) in [4.78, 5) is 0. The number of thiocarbonyl (C=S) groups is 1. The maximum Gasteiger partial charge on any atom is 0.166 e. The van der Waals surface area contributed by atoms with E-state index in [2.05, 4.69) is 52.2 Å². The van der Waals surface area contributed by atoms with Gasteiger partial charge in [-0.2, -0.15) is 0 Å². The molecule has 112 valence electrons. The van der Waals surface area contributed by atoms with Gasteiger partial charge in [-0.1, -0.05) is 40.5 Å². The van der Waals surface area contributed by atoms with Gasteiger partial charge in [0.1, 0.15) is 0 Å². The van der Waals surface area contributed by atoms with Crippen molar-refractivity contribution < 1.29 is 0 Å². The summed E-state index contributed by atoms with van der Waals surface area (Å²) in [6.45, 7) is 13.7. The van der Waals surface area contributed by atoms with Gasteiger partial charge in [0.25, 0.3) is 0 Å². The van der Waals surface area contributed by atoms with Crippen LogP contribution in [0.1, 0.15) is 60.8 Å².